The number of aromatic hydroxyl groups is 1. The summed E-state index contributed by atoms with van der Waals surface area (Å²) < 4.78 is 0. The Kier molecular flexibility index (Phi) is 5.57. The molecule has 5 rings (SSSR count). The van der Waals surface area contributed by atoms with Gasteiger partial charge >= 0.3 is 5.69 Å². The molecule has 0 saturated heterocycles. The fraction of sp³-hybridized carbons (Fsp3) is 0. The molecule has 0 unspecified atom stereocenters. The van der Waals surface area contributed by atoms with Gasteiger partial charge in [0.15, 0.2) is 0 Å². The van der Waals surface area contributed by atoms with Crippen LogP contribution in [-0.4, -0.2) is 20.8 Å². The first-order chi connectivity index (χ1) is 16.5. The lowest BCUT2D eigenvalue weighted by Crippen LogP contribution is -2.24. The van der Waals surface area contributed by atoms with Crippen molar-refractivity contribution in [3.8, 4) is 5.88 Å². The van der Waals surface area contributed by atoms with Crippen molar-refractivity contribution in [2.75, 3.05) is 0 Å². The average molecular weight is 468 g/mol. The van der Waals surface area contributed by atoms with Crippen molar-refractivity contribution in [2.45, 2.75) is 0 Å². The van der Waals surface area contributed by atoms with Gasteiger partial charge in [0.1, 0.15) is 5.56 Å². The second-order valence-corrected chi connectivity index (χ2v) is 8.08. The van der Waals surface area contributed by atoms with Gasteiger partial charge in [-0.15, -0.1) is 0 Å². The first kappa shape index (κ1) is 21.4. The molecule has 34 heavy (non-hydrogen) atoms. The molecule has 0 amide bonds. The van der Waals surface area contributed by atoms with Crippen LogP contribution in [0.1, 0.15) is 22.3 Å². The van der Waals surface area contributed by atoms with Gasteiger partial charge in [-0.1, -0.05) is 84.4 Å². The molecule has 7 heteroatoms. The zero-order chi connectivity index (χ0) is 23.7. The zero-order valence-electron chi connectivity index (χ0n) is 17.7. The Morgan fingerprint density at radius 2 is 1.62 bits per heavy atom. The Balaban J connectivity index is 1.75. The summed E-state index contributed by atoms with van der Waals surface area (Å²) in [6, 6.07) is 24.4. The van der Waals surface area contributed by atoms with E-state index in [-0.39, 0.29) is 5.56 Å². The summed E-state index contributed by atoms with van der Waals surface area (Å²) in [5, 5.41) is 11.0. The largest absolute Gasteiger partial charge is 0.494 e. The van der Waals surface area contributed by atoms with Crippen LogP contribution in [0.3, 0.4) is 0 Å². The van der Waals surface area contributed by atoms with Crippen molar-refractivity contribution in [1.82, 2.24) is 9.97 Å². The molecule has 2 heterocycles. The van der Waals surface area contributed by atoms with Crippen molar-refractivity contribution in [1.29, 1.82) is 0 Å². The first-order valence-corrected chi connectivity index (χ1v) is 10.9. The summed E-state index contributed by atoms with van der Waals surface area (Å²) in [4.78, 5) is 33.5. The molecule has 0 spiro atoms. The minimum atomic E-state index is -0.783. The van der Waals surface area contributed by atoms with Gasteiger partial charge in [-0.2, -0.15) is 0 Å². The molecule has 4 aromatic rings. The maximum atomic E-state index is 12.7. The van der Waals surface area contributed by atoms with Gasteiger partial charge in [-0.05, 0) is 29.3 Å². The quantitative estimate of drug-likeness (QED) is 0.390. The maximum Gasteiger partial charge on any atom is 0.328 e. The summed E-state index contributed by atoms with van der Waals surface area (Å²) in [6.45, 7) is 0. The highest BCUT2D eigenvalue weighted by Crippen LogP contribution is 2.39. The number of halogens is 1. The third kappa shape index (κ3) is 4.02. The molecule has 0 bridgehead atoms. The van der Waals surface area contributed by atoms with Crippen LogP contribution in [0.5, 0.6) is 5.88 Å². The van der Waals surface area contributed by atoms with Crippen molar-refractivity contribution >= 4 is 34.1 Å². The Labute approximate surface area is 199 Å². The van der Waals surface area contributed by atoms with Gasteiger partial charge in [-0.3, -0.25) is 14.8 Å². The average Bonchev–Trinajstić information content (AvgIpc) is 3.19. The van der Waals surface area contributed by atoms with Crippen molar-refractivity contribution < 1.29 is 5.11 Å². The van der Waals surface area contributed by atoms with E-state index in [4.69, 9.17) is 16.6 Å². The van der Waals surface area contributed by atoms with E-state index < -0.39 is 17.1 Å². The van der Waals surface area contributed by atoms with Crippen molar-refractivity contribution in [2.24, 2.45) is 4.99 Å². The van der Waals surface area contributed by atoms with E-state index in [0.29, 0.717) is 16.2 Å². The molecule has 6 nitrogen and oxygen atoms in total. The molecule has 166 valence electrons. The van der Waals surface area contributed by atoms with E-state index in [9.17, 15) is 14.7 Å². The van der Waals surface area contributed by atoms with Crippen LogP contribution >= 0.6 is 11.6 Å². The molecule has 3 aromatic carbocycles. The number of allylic oxidation sites excluding steroid dienone is 3. The first-order valence-electron chi connectivity index (χ1n) is 10.5. The highest BCUT2D eigenvalue weighted by Gasteiger charge is 2.23. The number of hydrogen-bond acceptors (Lipinski definition) is 4. The van der Waals surface area contributed by atoms with Crippen LogP contribution in [0.2, 0.25) is 5.02 Å². The summed E-state index contributed by atoms with van der Waals surface area (Å²) in [6.07, 6.45) is 3.59. The molecule has 3 N–H and O–H groups in total. The summed E-state index contributed by atoms with van der Waals surface area (Å²) in [5.41, 5.74) is 3.77. The minimum Gasteiger partial charge on any atom is -0.494 e. The highest BCUT2D eigenvalue weighted by molar-refractivity contribution is 6.37. The smallest absolute Gasteiger partial charge is 0.328 e. The van der Waals surface area contributed by atoms with Gasteiger partial charge < -0.3 is 5.11 Å². The standard InChI is InChI=1S/C27H18ClN3O3/c28-18-11-14-22-21(15-18)20(24(29-22)17-9-5-2-6-10-17)13-12-19(16-7-3-1-4-8-16)23-25(32)30-27(34)31-26(23)33/h1-15H,(H3,30,31,32,33,34)/b19-12+,20-13+. The summed E-state index contributed by atoms with van der Waals surface area (Å²) >= 11 is 6.29. The number of H-pyrrole nitrogens is 2. The second-order valence-electron chi connectivity index (χ2n) is 7.65. The second kappa shape index (κ2) is 8.84. The molecule has 1 aliphatic heterocycles. The van der Waals surface area contributed by atoms with Gasteiger partial charge in [0.25, 0.3) is 5.56 Å². The maximum absolute atomic E-state index is 12.7. The number of hydrogen-bond donors (Lipinski definition) is 3. The van der Waals surface area contributed by atoms with Gasteiger partial charge in [0.05, 0.1) is 11.4 Å². The Bertz CT molecular complexity index is 1600. The Hall–Kier alpha value is -4.42. The number of nitrogens with zero attached hydrogens (tertiary/aromatic N) is 1. The normalized spacial score (nSPS) is 14.2. The Morgan fingerprint density at radius 1 is 0.912 bits per heavy atom. The number of rotatable bonds is 4. The lowest BCUT2D eigenvalue weighted by molar-refractivity contribution is 0.446. The summed E-state index contributed by atoms with van der Waals surface area (Å²) in [5.74, 6) is -0.505. The van der Waals surface area contributed by atoms with Crippen molar-refractivity contribution in [3.63, 3.8) is 0 Å². The molecule has 0 aliphatic carbocycles. The lowest BCUT2D eigenvalue weighted by Gasteiger charge is -2.09. The third-order valence-corrected chi connectivity index (χ3v) is 5.71. The Morgan fingerprint density at radius 3 is 2.32 bits per heavy atom. The SMILES string of the molecule is O=c1[nH]c(O)c(/C(=C/C=C2/C(c3ccccc3)=Nc3ccc(Cl)cc32)c2ccccc2)c(=O)[nH]1. The highest BCUT2D eigenvalue weighted by atomic mass is 35.5. The molecular weight excluding hydrogens is 450 g/mol. The molecular formula is C27H18ClN3O3. The van der Waals surface area contributed by atoms with E-state index in [1.807, 2.05) is 78.9 Å². The molecule has 0 atom stereocenters. The van der Waals surface area contributed by atoms with E-state index in [1.54, 1.807) is 12.1 Å². The van der Waals surface area contributed by atoms with Gasteiger partial charge in [0.2, 0.25) is 5.88 Å². The zero-order valence-corrected chi connectivity index (χ0v) is 18.5. The van der Waals surface area contributed by atoms with Crippen LogP contribution in [-0.2, 0) is 0 Å². The molecule has 1 aromatic heterocycles. The predicted octanol–water partition coefficient (Wildman–Crippen LogP) is 5.07. The number of benzene rings is 3. The molecule has 1 aliphatic rings. The lowest BCUT2D eigenvalue weighted by atomic mass is 9.95. The number of aliphatic imine (C=N–C) groups is 1. The van der Waals surface area contributed by atoms with Gasteiger partial charge in [-0.25, -0.2) is 9.79 Å². The molecule has 0 radical (unpaired) electrons. The number of nitrogens with one attached hydrogen (secondary N) is 2. The number of aromatic amines is 2. The summed E-state index contributed by atoms with van der Waals surface area (Å²) in [7, 11) is 0. The van der Waals surface area contributed by atoms with E-state index in [2.05, 4.69) is 9.97 Å². The van der Waals surface area contributed by atoms with Crippen LogP contribution in [0.4, 0.5) is 5.69 Å². The molecule has 0 saturated carbocycles. The van der Waals surface area contributed by atoms with E-state index in [1.165, 1.54) is 0 Å². The monoisotopic (exact) mass is 467 g/mol. The third-order valence-electron chi connectivity index (χ3n) is 5.48. The predicted molar refractivity (Wildman–Crippen MR) is 135 cm³/mol. The van der Waals surface area contributed by atoms with Crippen molar-refractivity contribution in [3.05, 3.63) is 139 Å². The molecule has 0 fully saturated rings. The van der Waals surface area contributed by atoms with E-state index in [0.717, 1.165) is 28.1 Å². The number of aromatic nitrogens is 2. The van der Waals surface area contributed by atoms with Crippen LogP contribution in [0.25, 0.3) is 11.1 Å². The van der Waals surface area contributed by atoms with Crippen LogP contribution < -0.4 is 11.2 Å². The topological polar surface area (TPSA) is 98.3 Å². The fourth-order valence-electron chi connectivity index (χ4n) is 3.95. The van der Waals surface area contributed by atoms with Gasteiger partial charge in [0, 0.05) is 21.7 Å². The number of fused-ring (bicyclic) bond motifs is 1. The fourth-order valence-corrected chi connectivity index (χ4v) is 4.12. The van der Waals surface area contributed by atoms with Crippen LogP contribution in [0.15, 0.2) is 106 Å². The minimum absolute atomic E-state index is 0.0369. The van der Waals surface area contributed by atoms with Crippen LogP contribution in [0, 0.1) is 0 Å². The van der Waals surface area contributed by atoms with E-state index >= 15 is 0 Å².